The molecule has 0 fully saturated rings. The van der Waals surface area contributed by atoms with Crippen LogP contribution in [0.25, 0.3) is 98.0 Å². The number of nitrogens with zero attached hydrogens (tertiary/aromatic N) is 4. The zero-order valence-corrected chi connectivity index (χ0v) is 26.5. The van der Waals surface area contributed by atoms with Gasteiger partial charge in [-0.25, -0.2) is 0 Å². The van der Waals surface area contributed by atoms with Gasteiger partial charge in [0.15, 0.2) is 0 Å². The van der Waals surface area contributed by atoms with Gasteiger partial charge >= 0.3 is 0 Å². The molecule has 11 aromatic rings. The van der Waals surface area contributed by atoms with E-state index in [1.54, 1.807) is 0 Å². The molecule has 0 N–H and O–H groups in total. The van der Waals surface area contributed by atoms with E-state index in [9.17, 15) is 0 Å². The average molecular weight is 613 g/mol. The number of likely N-dealkylation sites (N-methyl/N-ethyl adjacent to an activating group) is 1. The molecule has 0 bridgehead atoms. The van der Waals surface area contributed by atoms with E-state index >= 15 is 0 Å². The van der Waals surface area contributed by atoms with Crippen molar-refractivity contribution in [3.05, 3.63) is 127 Å². The molecular formula is C44H28N4. The van der Waals surface area contributed by atoms with Crippen LogP contribution in [0.5, 0.6) is 0 Å². The van der Waals surface area contributed by atoms with Gasteiger partial charge in [0.1, 0.15) is 0 Å². The lowest BCUT2D eigenvalue weighted by Gasteiger charge is -2.24. The number of anilines is 1. The van der Waals surface area contributed by atoms with Crippen LogP contribution in [0.1, 0.15) is 11.5 Å². The SMILES string of the molecule is CN1c2c(cc3c4ccccc4n4c5cc6c7c8c(cc9c%10ccccc%10n(c6cc5c2c34)c97)c2ccccc2n8C)C2C=CC=CC21. The fourth-order valence-electron chi connectivity index (χ4n) is 10.3. The van der Waals surface area contributed by atoms with Crippen molar-refractivity contribution in [3.8, 4) is 0 Å². The Morgan fingerprint density at radius 2 is 1.00 bits per heavy atom. The van der Waals surface area contributed by atoms with Crippen molar-refractivity contribution in [1.29, 1.82) is 0 Å². The summed E-state index contributed by atoms with van der Waals surface area (Å²) >= 11 is 0. The first-order chi connectivity index (χ1) is 23.7. The van der Waals surface area contributed by atoms with Crippen LogP contribution >= 0.6 is 0 Å². The van der Waals surface area contributed by atoms with Crippen LogP contribution in [0.4, 0.5) is 5.69 Å². The smallest absolute Gasteiger partial charge is 0.0641 e. The Balaban J connectivity index is 1.33. The highest BCUT2D eigenvalue weighted by Crippen LogP contribution is 2.54. The van der Waals surface area contributed by atoms with Gasteiger partial charge in [0.05, 0.1) is 50.3 Å². The van der Waals surface area contributed by atoms with Crippen molar-refractivity contribution in [1.82, 2.24) is 13.4 Å². The lowest BCUT2D eigenvalue weighted by molar-refractivity contribution is 0.724. The Labute approximate surface area is 274 Å². The number of hydrogen-bond acceptors (Lipinski definition) is 1. The quantitative estimate of drug-likeness (QED) is 0.167. The maximum Gasteiger partial charge on any atom is 0.0641 e. The van der Waals surface area contributed by atoms with E-state index in [-0.39, 0.29) is 0 Å². The highest BCUT2D eigenvalue weighted by atomic mass is 15.2. The molecule has 1 aliphatic heterocycles. The highest BCUT2D eigenvalue weighted by Gasteiger charge is 2.38. The normalized spacial score (nSPS) is 18.0. The molecule has 2 atom stereocenters. The first-order valence-electron chi connectivity index (χ1n) is 17.0. The van der Waals surface area contributed by atoms with Crippen LogP contribution in [0, 0.1) is 0 Å². The molecule has 224 valence electrons. The van der Waals surface area contributed by atoms with Crippen LogP contribution in [0.2, 0.25) is 0 Å². The fourth-order valence-corrected chi connectivity index (χ4v) is 10.3. The number of aryl methyl sites for hydroxylation is 1. The Morgan fingerprint density at radius 1 is 0.458 bits per heavy atom. The molecule has 1 aliphatic carbocycles. The van der Waals surface area contributed by atoms with E-state index < -0.39 is 0 Å². The molecule has 0 saturated carbocycles. The van der Waals surface area contributed by atoms with E-state index in [4.69, 9.17) is 0 Å². The molecule has 5 aromatic heterocycles. The number of rotatable bonds is 0. The van der Waals surface area contributed by atoms with Crippen LogP contribution in [0.15, 0.2) is 121 Å². The second-order valence-electron chi connectivity index (χ2n) is 14.2. The Morgan fingerprint density at radius 3 is 1.71 bits per heavy atom. The Kier molecular flexibility index (Phi) is 3.91. The maximum absolute atomic E-state index is 2.57. The number of allylic oxidation sites excluding steroid dienone is 2. The van der Waals surface area contributed by atoms with Gasteiger partial charge < -0.3 is 18.3 Å². The largest absolute Gasteiger partial charge is 0.366 e. The summed E-state index contributed by atoms with van der Waals surface area (Å²) in [6.07, 6.45) is 9.22. The molecule has 0 spiro atoms. The summed E-state index contributed by atoms with van der Waals surface area (Å²) in [6, 6.07) is 37.2. The van der Waals surface area contributed by atoms with Crippen molar-refractivity contribution < 1.29 is 0 Å². The molecule has 6 aromatic carbocycles. The minimum Gasteiger partial charge on any atom is -0.366 e. The van der Waals surface area contributed by atoms with Crippen molar-refractivity contribution >= 4 is 104 Å². The molecule has 4 nitrogen and oxygen atoms in total. The summed E-state index contributed by atoms with van der Waals surface area (Å²) < 4.78 is 7.56. The van der Waals surface area contributed by atoms with Gasteiger partial charge in [0.2, 0.25) is 0 Å². The molecule has 0 saturated heterocycles. The third kappa shape index (κ3) is 2.44. The molecule has 48 heavy (non-hydrogen) atoms. The number of fused-ring (bicyclic) bond motifs is 20. The van der Waals surface area contributed by atoms with Crippen molar-refractivity contribution in [3.63, 3.8) is 0 Å². The monoisotopic (exact) mass is 612 g/mol. The van der Waals surface area contributed by atoms with E-state index in [2.05, 4.69) is 154 Å². The fraction of sp³-hybridized carbons (Fsp3) is 0.0909. The van der Waals surface area contributed by atoms with Crippen molar-refractivity contribution in [2.45, 2.75) is 12.0 Å². The van der Waals surface area contributed by atoms with Gasteiger partial charge in [-0.05, 0) is 48.0 Å². The lowest BCUT2D eigenvalue weighted by Crippen LogP contribution is -2.28. The average Bonchev–Trinajstić information content (AvgIpc) is 3.94. The van der Waals surface area contributed by atoms with E-state index in [1.807, 2.05) is 0 Å². The molecular weight excluding hydrogens is 585 g/mol. The molecule has 13 rings (SSSR count). The zero-order chi connectivity index (χ0) is 31.2. The first kappa shape index (κ1) is 24.2. The van der Waals surface area contributed by atoms with Crippen LogP contribution in [-0.4, -0.2) is 26.5 Å². The van der Waals surface area contributed by atoms with Gasteiger partial charge in [-0.3, -0.25) is 0 Å². The number of hydrogen-bond donors (Lipinski definition) is 0. The lowest BCUT2D eigenvalue weighted by atomic mass is 9.90. The van der Waals surface area contributed by atoms with E-state index in [0.717, 1.165) is 0 Å². The second-order valence-corrected chi connectivity index (χ2v) is 14.2. The highest BCUT2D eigenvalue weighted by molar-refractivity contribution is 6.36. The van der Waals surface area contributed by atoms with Gasteiger partial charge in [-0.2, -0.15) is 0 Å². The number of para-hydroxylation sites is 3. The maximum atomic E-state index is 2.57. The second kappa shape index (κ2) is 7.75. The summed E-state index contributed by atoms with van der Waals surface area (Å²) in [6.45, 7) is 0. The molecule has 0 amide bonds. The number of benzene rings is 6. The summed E-state index contributed by atoms with van der Waals surface area (Å²) in [5, 5.41) is 13.4. The molecule has 6 heterocycles. The van der Waals surface area contributed by atoms with Gasteiger partial charge in [0, 0.05) is 79.4 Å². The standard InChI is InChI=1S/C44H28N4/c1-45-33-15-7-3-11-23(33)27-19-29-25-13-5-9-17-35(25)47-37-22-32-38(21-31(37)39(41(27)45)43(29)47)48-36-18-10-6-14-26(36)30-20-28-24-12-4-8-16-34(24)46(2)42(28)40(32)44(30)48/h3-23,33H,1-2H3. The summed E-state index contributed by atoms with van der Waals surface area (Å²) in [4.78, 5) is 2.54. The van der Waals surface area contributed by atoms with Crippen LogP contribution < -0.4 is 4.90 Å². The van der Waals surface area contributed by atoms with Crippen LogP contribution in [-0.2, 0) is 7.05 Å². The van der Waals surface area contributed by atoms with E-state index in [1.165, 1.54) is 109 Å². The Bertz CT molecular complexity index is 3320. The molecule has 2 unspecified atom stereocenters. The molecule has 2 aliphatic rings. The summed E-state index contributed by atoms with van der Waals surface area (Å²) in [5.41, 5.74) is 13.2. The van der Waals surface area contributed by atoms with Gasteiger partial charge in [-0.15, -0.1) is 0 Å². The van der Waals surface area contributed by atoms with E-state index in [0.29, 0.717) is 12.0 Å². The topological polar surface area (TPSA) is 17.0 Å². The third-order valence-corrected chi connectivity index (χ3v) is 12.2. The number of aromatic nitrogens is 3. The van der Waals surface area contributed by atoms with Gasteiger partial charge in [-0.1, -0.05) is 78.9 Å². The summed E-state index contributed by atoms with van der Waals surface area (Å²) in [7, 11) is 4.54. The minimum atomic E-state index is 0.336. The first-order valence-corrected chi connectivity index (χ1v) is 17.0. The van der Waals surface area contributed by atoms with Crippen LogP contribution in [0.3, 0.4) is 0 Å². The molecule has 0 radical (unpaired) electrons. The summed E-state index contributed by atoms with van der Waals surface area (Å²) in [5.74, 6) is 0.355. The zero-order valence-electron chi connectivity index (χ0n) is 26.5. The third-order valence-electron chi connectivity index (χ3n) is 12.2. The molecule has 4 heteroatoms. The van der Waals surface area contributed by atoms with Crippen molar-refractivity contribution in [2.24, 2.45) is 7.05 Å². The van der Waals surface area contributed by atoms with Crippen molar-refractivity contribution in [2.75, 3.05) is 11.9 Å². The predicted octanol–water partition coefficient (Wildman–Crippen LogP) is 10.7. The predicted molar refractivity (Wildman–Crippen MR) is 203 cm³/mol. The van der Waals surface area contributed by atoms with Gasteiger partial charge in [0.25, 0.3) is 0 Å². The Hall–Kier alpha value is -6.00. The minimum absolute atomic E-state index is 0.336.